The zero-order chi connectivity index (χ0) is 15.5. The average molecular weight is 353 g/mol. The molecule has 4 rings (SSSR count). The SMILES string of the molecule is c1cc(C2CCCO2)sc1CN1CCN(C2CCSCC2)CC1. The van der Waals surface area contributed by atoms with Gasteiger partial charge >= 0.3 is 0 Å². The number of thioether (sulfide) groups is 1. The molecule has 1 aromatic heterocycles. The van der Waals surface area contributed by atoms with Gasteiger partial charge in [-0.1, -0.05) is 0 Å². The largest absolute Gasteiger partial charge is 0.373 e. The molecule has 0 N–H and O–H groups in total. The molecular weight excluding hydrogens is 324 g/mol. The summed E-state index contributed by atoms with van der Waals surface area (Å²) in [5.74, 6) is 2.73. The molecule has 5 heteroatoms. The van der Waals surface area contributed by atoms with Crippen LogP contribution in [0.5, 0.6) is 0 Å². The summed E-state index contributed by atoms with van der Waals surface area (Å²) in [6.45, 7) is 7.07. The molecule has 3 nitrogen and oxygen atoms in total. The van der Waals surface area contributed by atoms with Crippen LogP contribution in [0.4, 0.5) is 0 Å². The van der Waals surface area contributed by atoms with Crippen LogP contribution in [-0.2, 0) is 11.3 Å². The molecule has 23 heavy (non-hydrogen) atoms. The first-order chi connectivity index (χ1) is 11.4. The molecule has 0 aromatic carbocycles. The fourth-order valence-electron chi connectivity index (χ4n) is 4.01. The Balaban J connectivity index is 1.26. The Morgan fingerprint density at radius 2 is 1.87 bits per heavy atom. The van der Waals surface area contributed by atoms with E-state index in [1.165, 1.54) is 73.1 Å². The van der Waals surface area contributed by atoms with Crippen molar-refractivity contribution in [2.45, 2.75) is 44.4 Å². The topological polar surface area (TPSA) is 15.7 Å². The molecular formula is C18H28N2OS2. The highest BCUT2D eigenvalue weighted by Gasteiger charge is 2.26. The first kappa shape index (κ1) is 16.4. The molecule has 1 aromatic rings. The number of rotatable bonds is 4. The van der Waals surface area contributed by atoms with E-state index in [9.17, 15) is 0 Å². The highest BCUT2D eigenvalue weighted by Crippen LogP contribution is 2.33. The first-order valence-electron chi connectivity index (χ1n) is 9.13. The van der Waals surface area contributed by atoms with E-state index in [1.54, 1.807) is 0 Å². The second-order valence-electron chi connectivity index (χ2n) is 6.96. The van der Waals surface area contributed by atoms with Gasteiger partial charge in [0.25, 0.3) is 0 Å². The number of hydrogen-bond acceptors (Lipinski definition) is 5. The number of hydrogen-bond donors (Lipinski definition) is 0. The summed E-state index contributed by atoms with van der Waals surface area (Å²) < 4.78 is 5.81. The summed E-state index contributed by atoms with van der Waals surface area (Å²) in [6, 6.07) is 5.49. The lowest BCUT2D eigenvalue weighted by molar-refractivity contribution is 0.0885. The van der Waals surface area contributed by atoms with Gasteiger partial charge in [0.05, 0.1) is 6.10 Å². The van der Waals surface area contributed by atoms with Gasteiger partial charge in [-0.15, -0.1) is 11.3 Å². The van der Waals surface area contributed by atoms with Crippen LogP contribution in [0.3, 0.4) is 0 Å². The van der Waals surface area contributed by atoms with Crippen molar-refractivity contribution in [3.05, 3.63) is 21.9 Å². The highest BCUT2D eigenvalue weighted by molar-refractivity contribution is 7.99. The molecule has 0 radical (unpaired) electrons. The minimum Gasteiger partial charge on any atom is -0.373 e. The van der Waals surface area contributed by atoms with Crippen LogP contribution in [0.1, 0.15) is 41.5 Å². The molecule has 0 aliphatic carbocycles. The summed E-state index contributed by atoms with van der Waals surface area (Å²) >= 11 is 4.10. The molecule has 1 unspecified atom stereocenters. The lowest BCUT2D eigenvalue weighted by Gasteiger charge is -2.40. The zero-order valence-corrected chi connectivity index (χ0v) is 15.5. The summed E-state index contributed by atoms with van der Waals surface area (Å²) in [6.07, 6.45) is 5.62. The predicted molar refractivity (Wildman–Crippen MR) is 99.4 cm³/mol. The van der Waals surface area contributed by atoms with Crippen LogP contribution in [0.2, 0.25) is 0 Å². The van der Waals surface area contributed by atoms with Gasteiger partial charge in [0.15, 0.2) is 0 Å². The number of thiophene rings is 1. The highest BCUT2D eigenvalue weighted by atomic mass is 32.2. The van der Waals surface area contributed by atoms with Crippen LogP contribution in [0, 0.1) is 0 Å². The van der Waals surface area contributed by atoms with Crippen LogP contribution < -0.4 is 0 Å². The lowest BCUT2D eigenvalue weighted by atomic mass is 10.1. The maximum absolute atomic E-state index is 5.81. The van der Waals surface area contributed by atoms with Crippen molar-refractivity contribution in [1.82, 2.24) is 9.80 Å². The second-order valence-corrected chi connectivity index (χ2v) is 9.39. The smallest absolute Gasteiger partial charge is 0.0917 e. The van der Waals surface area contributed by atoms with Crippen LogP contribution in [-0.4, -0.2) is 60.1 Å². The van der Waals surface area contributed by atoms with Crippen LogP contribution >= 0.6 is 23.1 Å². The predicted octanol–water partition coefficient (Wildman–Crippen LogP) is 3.61. The van der Waals surface area contributed by atoms with Gasteiger partial charge in [0.1, 0.15) is 0 Å². The third-order valence-corrected chi connectivity index (χ3v) is 7.63. The Labute approximate surface area is 148 Å². The maximum atomic E-state index is 5.81. The molecule has 3 saturated heterocycles. The van der Waals surface area contributed by atoms with Gasteiger partial charge < -0.3 is 4.74 Å². The van der Waals surface area contributed by atoms with Crippen molar-refractivity contribution in [1.29, 1.82) is 0 Å². The zero-order valence-electron chi connectivity index (χ0n) is 13.9. The molecule has 1 atom stereocenters. The molecule has 3 aliphatic heterocycles. The van der Waals surface area contributed by atoms with E-state index in [1.807, 2.05) is 11.3 Å². The van der Waals surface area contributed by atoms with Crippen molar-refractivity contribution in [3.63, 3.8) is 0 Å². The van der Waals surface area contributed by atoms with Crippen molar-refractivity contribution in [3.8, 4) is 0 Å². The Kier molecular flexibility index (Phi) is 5.61. The van der Waals surface area contributed by atoms with Crippen molar-refractivity contribution < 1.29 is 4.74 Å². The molecule has 0 saturated carbocycles. The Morgan fingerprint density at radius 1 is 1.04 bits per heavy atom. The number of nitrogens with zero attached hydrogens (tertiary/aromatic N) is 2. The fraction of sp³-hybridized carbons (Fsp3) is 0.778. The monoisotopic (exact) mass is 352 g/mol. The van der Waals surface area contributed by atoms with E-state index in [-0.39, 0.29) is 0 Å². The fourth-order valence-corrected chi connectivity index (χ4v) is 6.23. The van der Waals surface area contributed by atoms with Crippen LogP contribution in [0.25, 0.3) is 0 Å². The molecule has 0 spiro atoms. The molecule has 3 fully saturated rings. The second kappa shape index (κ2) is 7.87. The summed E-state index contributed by atoms with van der Waals surface area (Å²) in [7, 11) is 0. The van der Waals surface area contributed by atoms with Gasteiger partial charge in [0, 0.05) is 55.1 Å². The average Bonchev–Trinajstić information content (AvgIpc) is 3.28. The van der Waals surface area contributed by atoms with Gasteiger partial charge in [-0.2, -0.15) is 11.8 Å². The number of ether oxygens (including phenoxy) is 1. The Morgan fingerprint density at radius 3 is 2.61 bits per heavy atom. The van der Waals surface area contributed by atoms with E-state index in [4.69, 9.17) is 4.74 Å². The number of piperazine rings is 1. The lowest BCUT2D eigenvalue weighted by Crippen LogP contribution is -2.50. The van der Waals surface area contributed by atoms with E-state index >= 15 is 0 Å². The van der Waals surface area contributed by atoms with Crippen molar-refractivity contribution in [2.75, 3.05) is 44.3 Å². The standard InChI is InChI=1S/C18H28N2OS2/c1-2-17(21-11-1)18-4-3-16(23-18)14-19-7-9-20(10-8-19)15-5-12-22-13-6-15/h3-4,15,17H,1-2,5-14H2. The summed E-state index contributed by atoms with van der Waals surface area (Å²) in [5, 5.41) is 0. The minimum atomic E-state index is 0.384. The van der Waals surface area contributed by atoms with Gasteiger partial charge in [0.2, 0.25) is 0 Å². The van der Waals surface area contributed by atoms with Crippen LogP contribution in [0.15, 0.2) is 12.1 Å². The van der Waals surface area contributed by atoms with E-state index in [0.717, 1.165) is 19.2 Å². The van der Waals surface area contributed by atoms with E-state index in [0.29, 0.717) is 6.10 Å². The Bertz CT molecular complexity index is 487. The molecule has 4 heterocycles. The molecule has 128 valence electrons. The maximum Gasteiger partial charge on any atom is 0.0917 e. The Hall–Kier alpha value is -0.0700. The normalized spacial score (nSPS) is 28.4. The molecule has 3 aliphatic rings. The quantitative estimate of drug-likeness (QED) is 0.822. The van der Waals surface area contributed by atoms with Crippen molar-refractivity contribution >= 4 is 23.1 Å². The van der Waals surface area contributed by atoms with Gasteiger partial charge in [-0.3, -0.25) is 9.80 Å². The summed E-state index contributed by atoms with van der Waals surface area (Å²) in [4.78, 5) is 8.34. The first-order valence-corrected chi connectivity index (χ1v) is 11.1. The van der Waals surface area contributed by atoms with Crippen molar-refractivity contribution in [2.24, 2.45) is 0 Å². The van der Waals surface area contributed by atoms with Gasteiger partial charge in [-0.25, -0.2) is 0 Å². The third kappa shape index (κ3) is 4.13. The van der Waals surface area contributed by atoms with Gasteiger partial charge in [-0.05, 0) is 49.3 Å². The minimum absolute atomic E-state index is 0.384. The van der Waals surface area contributed by atoms with E-state index in [2.05, 4.69) is 33.7 Å². The third-order valence-electron chi connectivity index (χ3n) is 5.42. The summed E-state index contributed by atoms with van der Waals surface area (Å²) in [5.41, 5.74) is 0. The van der Waals surface area contributed by atoms with E-state index < -0.39 is 0 Å². The molecule has 0 amide bonds. The molecule has 0 bridgehead atoms.